The van der Waals surface area contributed by atoms with Gasteiger partial charge < -0.3 is 33.2 Å². The van der Waals surface area contributed by atoms with E-state index in [1.54, 1.807) is 12.2 Å². The Kier molecular flexibility index (Phi) is 11.3. The summed E-state index contributed by atoms with van der Waals surface area (Å²) < 4.78 is 44.3. The van der Waals surface area contributed by atoms with Crippen molar-refractivity contribution in [2.75, 3.05) is 0 Å². The lowest BCUT2D eigenvalue weighted by molar-refractivity contribution is -0.217. The molecule has 3 aromatic carbocycles. The summed E-state index contributed by atoms with van der Waals surface area (Å²) in [4.78, 5) is 13.9. The van der Waals surface area contributed by atoms with Crippen molar-refractivity contribution in [2.45, 2.75) is 115 Å². The average molecular weight is 643 g/mol. The van der Waals surface area contributed by atoms with Crippen LogP contribution in [0.2, 0.25) is 0 Å². The predicted octanol–water partition coefficient (Wildman–Crippen LogP) is 6.70. The zero-order valence-corrected chi connectivity index (χ0v) is 27.4. The second-order valence-electron chi connectivity index (χ2n) is 12.9. The largest absolute Gasteiger partial charge is 0.371 e. The molecular formula is C39H46O8. The minimum Gasteiger partial charge on any atom is -0.371 e. The third-order valence-corrected chi connectivity index (χ3v) is 8.74. The molecule has 0 N–H and O–H groups in total. The fraction of sp³-hybridized carbons (Fsp3) is 0.462. The van der Waals surface area contributed by atoms with E-state index in [1.165, 1.54) is 0 Å². The van der Waals surface area contributed by atoms with E-state index < -0.39 is 42.6 Å². The molecule has 6 rings (SSSR count). The van der Waals surface area contributed by atoms with E-state index in [-0.39, 0.29) is 18.0 Å². The number of ether oxygens (including phenoxy) is 7. The van der Waals surface area contributed by atoms with E-state index in [2.05, 4.69) is 19.1 Å². The van der Waals surface area contributed by atoms with Gasteiger partial charge in [0.15, 0.2) is 24.0 Å². The van der Waals surface area contributed by atoms with Crippen LogP contribution in [0.1, 0.15) is 56.7 Å². The minimum atomic E-state index is -0.898. The van der Waals surface area contributed by atoms with Gasteiger partial charge in [0.2, 0.25) is 0 Å². The first-order chi connectivity index (χ1) is 22.9. The monoisotopic (exact) mass is 642 g/mol. The Balaban J connectivity index is 1.20. The van der Waals surface area contributed by atoms with Crippen LogP contribution in [0.3, 0.4) is 0 Å². The van der Waals surface area contributed by atoms with Crippen molar-refractivity contribution in [1.29, 1.82) is 0 Å². The second kappa shape index (κ2) is 15.8. The Morgan fingerprint density at radius 1 is 0.766 bits per heavy atom. The van der Waals surface area contributed by atoms with Crippen molar-refractivity contribution < 1.29 is 38.0 Å². The van der Waals surface area contributed by atoms with Crippen LogP contribution in [0.4, 0.5) is 0 Å². The van der Waals surface area contributed by atoms with Gasteiger partial charge in [0.25, 0.3) is 0 Å². The van der Waals surface area contributed by atoms with Crippen LogP contribution in [0, 0.1) is 0 Å². The Labute approximate surface area is 277 Å². The first-order valence-corrected chi connectivity index (χ1v) is 16.7. The fourth-order valence-corrected chi connectivity index (χ4v) is 6.47. The van der Waals surface area contributed by atoms with Crippen LogP contribution in [0.25, 0.3) is 0 Å². The van der Waals surface area contributed by atoms with Crippen molar-refractivity contribution in [2.24, 2.45) is 0 Å². The Morgan fingerprint density at radius 2 is 1.32 bits per heavy atom. The summed E-state index contributed by atoms with van der Waals surface area (Å²) in [5.41, 5.74) is 3.14. The molecule has 0 spiro atoms. The molecule has 8 atom stereocenters. The second-order valence-corrected chi connectivity index (χ2v) is 12.9. The van der Waals surface area contributed by atoms with Crippen molar-refractivity contribution in [3.05, 3.63) is 120 Å². The first-order valence-electron chi connectivity index (χ1n) is 16.7. The number of carbonyl (C=O) groups excluding carboxylic acids is 1. The highest BCUT2D eigenvalue weighted by atomic mass is 16.8. The fourth-order valence-electron chi connectivity index (χ4n) is 6.47. The average Bonchev–Trinajstić information content (AvgIpc) is 3.57. The highest BCUT2D eigenvalue weighted by molar-refractivity contribution is 5.94. The number of ketones is 1. The van der Waals surface area contributed by atoms with Crippen molar-refractivity contribution in [3.8, 4) is 0 Å². The number of hydrogen-bond acceptors (Lipinski definition) is 8. The van der Waals surface area contributed by atoms with Crippen molar-refractivity contribution in [3.63, 3.8) is 0 Å². The van der Waals surface area contributed by atoms with Gasteiger partial charge in [0.1, 0.15) is 24.4 Å². The van der Waals surface area contributed by atoms with Gasteiger partial charge in [-0.1, -0.05) is 104 Å². The molecule has 0 saturated carbocycles. The van der Waals surface area contributed by atoms with Gasteiger partial charge in [0.05, 0.1) is 32.0 Å². The number of carbonyl (C=O) groups is 1. The molecule has 3 saturated heterocycles. The molecule has 5 unspecified atom stereocenters. The Morgan fingerprint density at radius 3 is 1.89 bits per heavy atom. The molecular weight excluding hydrogens is 596 g/mol. The predicted molar refractivity (Wildman–Crippen MR) is 176 cm³/mol. The SMILES string of the molecule is CCCC1C[C@@H](OCc2ccccc2)[C@H](OCc2ccccc2)[C@@H](/C=C/C(=O)C2OC3OC(C)(C)OC3C2OCc2ccccc2)O1. The van der Waals surface area contributed by atoms with Gasteiger partial charge >= 0.3 is 0 Å². The van der Waals surface area contributed by atoms with Crippen LogP contribution in [0.5, 0.6) is 0 Å². The summed E-state index contributed by atoms with van der Waals surface area (Å²) in [5.74, 6) is -1.08. The molecule has 0 bridgehead atoms. The lowest BCUT2D eigenvalue weighted by Crippen LogP contribution is -2.50. The summed E-state index contributed by atoms with van der Waals surface area (Å²) in [7, 11) is 0. The minimum absolute atomic E-state index is 0.0322. The maximum absolute atomic E-state index is 13.9. The Bertz CT molecular complexity index is 1430. The summed E-state index contributed by atoms with van der Waals surface area (Å²) in [5, 5.41) is 0. The van der Waals surface area contributed by atoms with E-state index >= 15 is 0 Å². The topological polar surface area (TPSA) is 81.7 Å². The molecule has 3 fully saturated rings. The van der Waals surface area contributed by atoms with E-state index in [0.29, 0.717) is 26.2 Å². The van der Waals surface area contributed by atoms with Gasteiger partial charge in [-0.3, -0.25) is 4.79 Å². The molecule has 0 radical (unpaired) electrons. The van der Waals surface area contributed by atoms with Crippen LogP contribution >= 0.6 is 0 Å². The molecule has 47 heavy (non-hydrogen) atoms. The smallest absolute Gasteiger partial charge is 0.190 e. The highest BCUT2D eigenvalue weighted by Gasteiger charge is 2.57. The quantitative estimate of drug-likeness (QED) is 0.180. The zero-order valence-electron chi connectivity index (χ0n) is 27.4. The molecule has 3 aliphatic rings. The van der Waals surface area contributed by atoms with E-state index in [9.17, 15) is 4.79 Å². The van der Waals surface area contributed by atoms with Crippen LogP contribution < -0.4 is 0 Å². The Hall–Kier alpha value is -3.21. The molecule has 3 aliphatic heterocycles. The van der Waals surface area contributed by atoms with Crippen molar-refractivity contribution >= 4 is 5.78 Å². The van der Waals surface area contributed by atoms with Gasteiger partial charge in [-0.25, -0.2) is 0 Å². The molecule has 8 heteroatoms. The molecule has 0 aliphatic carbocycles. The van der Waals surface area contributed by atoms with Crippen LogP contribution in [-0.2, 0) is 57.8 Å². The maximum atomic E-state index is 13.9. The molecule has 250 valence electrons. The lowest BCUT2D eigenvalue weighted by atomic mass is 9.94. The van der Waals surface area contributed by atoms with E-state index in [1.807, 2.05) is 92.7 Å². The first kappa shape index (κ1) is 33.7. The highest BCUT2D eigenvalue weighted by Crippen LogP contribution is 2.39. The molecule has 3 heterocycles. The van der Waals surface area contributed by atoms with Gasteiger partial charge in [-0.2, -0.15) is 0 Å². The number of benzene rings is 3. The van der Waals surface area contributed by atoms with E-state index in [4.69, 9.17) is 33.2 Å². The standard InChI is InChI=1S/C39H46O8/c1-4-14-30-23-33(41-24-27-15-8-5-9-16-27)35(42-25-28-17-10-6-11-18-28)32(44-30)22-21-31(40)34-36(43-26-29-19-12-7-13-20-29)37-38(45-34)47-39(2,3)46-37/h5-13,15-22,30,32-38H,4,14,23-26H2,1-3H3/b22-21+/t30?,32-,33-,34?,35-,36?,37?,38?/m1/s1. The summed E-state index contributed by atoms with van der Waals surface area (Å²) in [6, 6.07) is 30.0. The van der Waals surface area contributed by atoms with Gasteiger partial charge in [-0.05, 0) is 49.1 Å². The molecule has 0 amide bonds. The van der Waals surface area contributed by atoms with Gasteiger partial charge in [-0.15, -0.1) is 0 Å². The molecule has 0 aromatic heterocycles. The van der Waals surface area contributed by atoms with Gasteiger partial charge in [0, 0.05) is 6.42 Å². The maximum Gasteiger partial charge on any atom is 0.190 e. The number of hydrogen-bond donors (Lipinski definition) is 0. The summed E-state index contributed by atoms with van der Waals surface area (Å²) in [6.07, 6.45) is 1.90. The third kappa shape index (κ3) is 8.83. The van der Waals surface area contributed by atoms with Crippen LogP contribution in [-0.4, -0.2) is 60.6 Å². The summed E-state index contributed by atoms with van der Waals surface area (Å²) in [6.45, 7) is 6.98. The molecule has 3 aromatic rings. The summed E-state index contributed by atoms with van der Waals surface area (Å²) >= 11 is 0. The number of rotatable bonds is 14. The van der Waals surface area contributed by atoms with Crippen LogP contribution in [0.15, 0.2) is 103 Å². The van der Waals surface area contributed by atoms with E-state index in [0.717, 1.165) is 29.5 Å². The lowest BCUT2D eigenvalue weighted by Gasteiger charge is -2.40. The normalized spacial score (nSPS) is 30.0. The zero-order chi connectivity index (χ0) is 32.6. The molecule has 8 nitrogen and oxygen atoms in total. The van der Waals surface area contributed by atoms with Crippen molar-refractivity contribution in [1.82, 2.24) is 0 Å². The third-order valence-electron chi connectivity index (χ3n) is 8.74. The number of fused-ring (bicyclic) bond motifs is 1.